The lowest BCUT2D eigenvalue weighted by molar-refractivity contribution is 0.295. The molecule has 0 atom stereocenters. The van der Waals surface area contributed by atoms with Gasteiger partial charge in [-0.1, -0.05) is 49.6 Å². The Bertz CT molecular complexity index is 433. The van der Waals surface area contributed by atoms with Gasteiger partial charge in [-0.3, -0.25) is 0 Å². The van der Waals surface area contributed by atoms with E-state index >= 15 is 0 Å². The SMILES string of the molecule is OCC(=Cc1ccc(C2CC2)cc1)C1CCCCC1. The largest absolute Gasteiger partial charge is 0.392 e. The summed E-state index contributed by atoms with van der Waals surface area (Å²) < 4.78 is 0. The molecule has 0 amide bonds. The van der Waals surface area contributed by atoms with Gasteiger partial charge in [0.15, 0.2) is 0 Å². The summed E-state index contributed by atoms with van der Waals surface area (Å²) in [6, 6.07) is 8.96. The summed E-state index contributed by atoms with van der Waals surface area (Å²) in [5.74, 6) is 1.44. The summed E-state index contributed by atoms with van der Waals surface area (Å²) in [4.78, 5) is 0. The van der Waals surface area contributed by atoms with E-state index in [1.54, 1.807) is 0 Å². The van der Waals surface area contributed by atoms with Crippen LogP contribution in [0.5, 0.6) is 0 Å². The van der Waals surface area contributed by atoms with E-state index in [1.165, 1.54) is 61.6 Å². The molecule has 0 spiro atoms. The first kappa shape index (κ1) is 12.9. The molecular weight excluding hydrogens is 232 g/mol. The predicted octanol–water partition coefficient (Wildman–Crippen LogP) is 4.52. The number of aliphatic hydroxyl groups is 1. The first-order valence-electron chi connectivity index (χ1n) is 7.78. The monoisotopic (exact) mass is 256 g/mol. The van der Waals surface area contributed by atoms with Gasteiger partial charge in [-0.05, 0) is 54.2 Å². The molecule has 19 heavy (non-hydrogen) atoms. The fourth-order valence-corrected chi connectivity index (χ4v) is 3.26. The zero-order valence-corrected chi connectivity index (χ0v) is 11.6. The Morgan fingerprint density at radius 2 is 1.68 bits per heavy atom. The molecular formula is C18H24O. The van der Waals surface area contributed by atoms with Gasteiger partial charge in [0.2, 0.25) is 0 Å². The average Bonchev–Trinajstić information content (AvgIpc) is 3.31. The Balaban J connectivity index is 1.73. The molecule has 0 saturated heterocycles. The van der Waals surface area contributed by atoms with Gasteiger partial charge in [0.25, 0.3) is 0 Å². The third kappa shape index (κ3) is 3.27. The lowest BCUT2D eigenvalue weighted by atomic mass is 9.83. The van der Waals surface area contributed by atoms with Gasteiger partial charge in [0.1, 0.15) is 0 Å². The van der Waals surface area contributed by atoms with Crippen LogP contribution in [-0.4, -0.2) is 11.7 Å². The van der Waals surface area contributed by atoms with Crippen LogP contribution >= 0.6 is 0 Å². The number of rotatable bonds is 4. The molecule has 0 radical (unpaired) electrons. The van der Waals surface area contributed by atoms with Crippen LogP contribution in [0.25, 0.3) is 6.08 Å². The highest BCUT2D eigenvalue weighted by Gasteiger charge is 2.23. The first-order chi connectivity index (χ1) is 9.36. The molecule has 0 aliphatic heterocycles. The maximum absolute atomic E-state index is 9.62. The molecule has 0 aromatic heterocycles. The number of aliphatic hydroxyl groups excluding tert-OH is 1. The van der Waals surface area contributed by atoms with E-state index in [9.17, 15) is 5.11 Å². The summed E-state index contributed by atoms with van der Waals surface area (Å²) in [5, 5.41) is 9.62. The maximum Gasteiger partial charge on any atom is 0.0647 e. The molecule has 0 unspecified atom stereocenters. The Morgan fingerprint density at radius 1 is 1.00 bits per heavy atom. The fourth-order valence-electron chi connectivity index (χ4n) is 3.26. The van der Waals surface area contributed by atoms with E-state index in [1.807, 2.05) is 0 Å². The van der Waals surface area contributed by atoms with Crippen LogP contribution in [0.4, 0.5) is 0 Å². The van der Waals surface area contributed by atoms with Crippen LogP contribution in [-0.2, 0) is 0 Å². The van der Waals surface area contributed by atoms with E-state index in [0.29, 0.717) is 5.92 Å². The topological polar surface area (TPSA) is 20.2 Å². The molecule has 2 saturated carbocycles. The fraction of sp³-hybridized carbons (Fsp3) is 0.556. The molecule has 1 N–H and O–H groups in total. The van der Waals surface area contributed by atoms with E-state index in [-0.39, 0.29) is 6.61 Å². The summed E-state index contributed by atoms with van der Waals surface area (Å²) >= 11 is 0. The highest BCUT2D eigenvalue weighted by Crippen LogP contribution is 2.40. The van der Waals surface area contributed by atoms with Crippen molar-refractivity contribution in [2.45, 2.75) is 50.9 Å². The van der Waals surface area contributed by atoms with Crippen LogP contribution < -0.4 is 0 Å². The van der Waals surface area contributed by atoms with Crippen molar-refractivity contribution in [1.29, 1.82) is 0 Å². The van der Waals surface area contributed by atoms with Crippen molar-refractivity contribution in [2.24, 2.45) is 5.92 Å². The Kier molecular flexibility index (Phi) is 4.03. The van der Waals surface area contributed by atoms with Crippen LogP contribution in [0.3, 0.4) is 0 Å². The van der Waals surface area contributed by atoms with E-state index in [2.05, 4.69) is 30.3 Å². The lowest BCUT2D eigenvalue weighted by Gasteiger charge is -2.23. The van der Waals surface area contributed by atoms with Crippen LogP contribution in [0.1, 0.15) is 62.0 Å². The van der Waals surface area contributed by atoms with E-state index < -0.39 is 0 Å². The van der Waals surface area contributed by atoms with Gasteiger partial charge >= 0.3 is 0 Å². The van der Waals surface area contributed by atoms with Crippen molar-refractivity contribution < 1.29 is 5.11 Å². The summed E-state index contributed by atoms with van der Waals surface area (Å²) in [7, 11) is 0. The van der Waals surface area contributed by atoms with Crippen LogP contribution in [0, 0.1) is 5.92 Å². The van der Waals surface area contributed by atoms with Gasteiger partial charge in [-0.15, -0.1) is 0 Å². The van der Waals surface area contributed by atoms with Crippen molar-refractivity contribution in [1.82, 2.24) is 0 Å². The van der Waals surface area contributed by atoms with Crippen LogP contribution in [0.2, 0.25) is 0 Å². The molecule has 3 rings (SSSR count). The highest BCUT2D eigenvalue weighted by molar-refractivity contribution is 5.54. The van der Waals surface area contributed by atoms with Crippen molar-refractivity contribution in [3.63, 3.8) is 0 Å². The second kappa shape index (κ2) is 5.92. The molecule has 1 heteroatoms. The minimum atomic E-state index is 0.217. The standard InChI is InChI=1S/C18H24O/c19-13-18(15-4-2-1-3-5-15)12-14-6-8-16(9-7-14)17-10-11-17/h6-9,12,15,17,19H,1-5,10-11,13H2. The van der Waals surface area contributed by atoms with Crippen molar-refractivity contribution >= 4 is 6.08 Å². The van der Waals surface area contributed by atoms with E-state index in [4.69, 9.17) is 0 Å². The van der Waals surface area contributed by atoms with Gasteiger partial charge in [-0.25, -0.2) is 0 Å². The molecule has 2 fully saturated rings. The second-order valence-electron chi connectivity index (χ2n) is 6.15. The molecule has 1 nitrogen and oxygen atoms in total. The summed E-state index contributed by atoms with van der Waals surface area (Å²) in [6.07, 6.45) is 11.5. The van der Waals surface area contributed by atoms with Crippen molar-refractivity contribution in [3.8, 4) is 0 Å². The molecule has 1 aromatic carbocycles. The van der Waals surface area contributed by atoms with Crippen molar-refractivity contribution in [2.75, 3.05) is 6.61 Å². The smallest absolute Gasteiger partial charge is 0.0647 e. The number of benzene rings is 1. The number of hydrogen-bond donors (Lipinski definition) is 1. The van der Waals surface area contributed by atoms with Gasteiger partial charge < -0.3 is 5.11 Å². The second-order valence-corrected chi connectivity index (χ2v) is 6.15. The summed E-state index contributed by atoms with van der Waals surface area (Å²) in [6.45, 7) is 0.217. The normalized spacial score (nSPS) is 21.6. The summed E-state index contributed by atoms with van der Waals surface area (Å²) in [5.41, 5.74) is 3.97. The van der Waals surface area contributed by atoms with Crippen molar-refractivity contribution in [3.05, 3.63) is 41.0 Å². The minimum Gasteiger partial charge on any atom is -0.392 e. The molecule has 1 aromatic rings. The average molecular weight is 256 g/mol. The zero-order valence-electron chi connectivity index (χ0n) is 11.6. The predicted molar refractivity (Wildman–Crippen MR) is 80.1 cm³/mol. The van der Waals surface area contributed by atoms with Gasteiger partial charge in [0, 0.05) is 0 Å². The van der Waals surface area contributed by atoms with Crippen LogP contribution in [0.15, 0.2) is 29.8 Å². The molecule has 2 aliphatic carbocycles. The Hall–Kier alpha value is -1.08. The third-order valence-electron chi connectivity index (χ3n) is 4.65. The Labute approximate surface area is 116 Å². The molecule has 0 heterocycles. The minimum absolute atomic E-state index is 0.217. The quantitative estimate of drug-likeness (QED) is 0.839. The third-order valence-corrected chi connectivity index (χ3v) is 4.65. The van der Waals surface area contributed by atoms with E-state index in [0.717, 1.165) is 5.92 Å². The van der Waals surface area contributed by atoms with Gasteiger partial charge in [0.05, 0.1) is 6.61 Å². The maximum atomic E-state index is 9.62. The molecule has 0 bridgehead atoms. The highest BCUT2D eigenvalue weighted by atomic mass is 16.3. The van der Waals surface area contributed by atoms with Gasteiger partial charge in [-0.2, -0.15) is 0 Å². The Morgan fingerprint density at radius 3 is 2.26 bits per heavy atom. The molecule has 102 valence electrons. The number of hydrogen-bond acceptors (Lipinski definition) is 1. The lowest BCUT2D eigenvalue weighted by Crippen LogP contribution is -2.11. The molecule has 2 aliphatic rings. The zero-order chi connectivity index (χ0) is 13.1. The first-order valence-corrected chi connectivity index (χ1v) is 7.78.